The van der Waals surface area contributed by atoms with Crippen molar-refractivity contribution in [2.24, 2.45) is 0 Å². The van der Waals surface area contributed by atoms with Crippen molar-refractivity contribution in [2.45, 2.75) is 10.6 Å². The number of halogens is 1. The van der Waals surface area contributed by atoms with Crippen LogP contribution < -0.4 is 5.73 Å². The van der Waals surface area contributed by atoms with E-state index in [0.29, 0.717) is 10.7 Å². The van der Waals surface area contributed by atoms with E-state index in [2.05, 4.69) is 4.98 Å². The maximum absolute atomic E-state index is 13.3. The number of aromatic nitrogens is 2. The Balaban J connectivity index is 1.97. The summed E-state index contributed by atoms with van der Waals surface area (Å²) >= 11 is 1.41. The second kappa shape index (κ2) is 4.57. The lowest BCUT2D eigenvalue weighted by molar-refractivity contribution is 0.590. The molecule has 5 nitrogen and oxygen atoms in total. The third-order valence-corrected chi connectivity index (χ3v) is 5.13. The fourth-order valence-corrected chi connectivity index (χ4v) is 3.91. The molecule has 0 aliphatic heterocycles. The second-order valence-corrected chi connectivity index (χ2v) is 7.17. The van der Waals surface area contributed by atoms with Gasteiger partial charge in [0.25, 0.3) is 0 Å². The molecule has 0 fully saturated rings. The zero-order chi connectivity index (χ0) is 14.3. The van der Waals surface area contributed by atoms with E-state index in [1.54, 1.807) is 16.8 Å². The largest absolute Gasteiger partial charge is 0.399 e. The number of rotatable bonds is 3. The number of sulfone groups is 1. The average molecular weight is 311 g/mol. The molecule has 2 N–H and O–H groups in total. The Morgan fingerprint density at radius 1 is 1.35 bits per heavy atom. The van der Waals surface area contributed by atoms with Crippen LogP contribution >= 0.6 is 11.3 Å². The van der Waals surface area contributed by atoms with Crippen molar-refractivity contribution in [2.75, 3.05) is 5.73 Å². The highest BCUT2D eigenvalue weighted by atomic mass is 32.2. The smallest absolute Gasteiger partial charge is 0.193 e. The molecule has 2 aromatic heterocycles. The molecular formula is C12H10FN3O2S2. The van der Waals surface area contributed by atoms with Gasteiger partial charge in [-0.3, -0.25) is 4.40 Å². The SMILES string of the molecule is Nc1cc(F)cc(S(=O)(=O)Cc2cn3ccsc3n2)c1. The number of nitrogen functional groups attached to an aromatic ring is 1. The molecule has 3 rings (SSSR count). The molecule has 0 bridgehead atoms. The predicted molar refractivity (Wildman–Crippen MR) is 74.8 cm³/mol. The van der Waals surface area contributed by atoms with Crippen LogP contribution in [-0.4, -0.2) is 17.8 Å². The summed E-state index contributed by atoms with van der Waals surface area (Å²) in [7, 11) is -3.68. The van der Waals surface area contributed by atoms with Gasteiger partial charge in [0.2, 0.25) is 0 Å². The lowest BCUT2D eigenvalue weighted by atomic mass is 10.3. The van der Waals surface area contributed by atoms with Gasteiger partial charge in [0.1, 0.15) is 5.82 Å². The summed E-state index contributed by atoms with van der Waals surface area (Å²) in [6.07, 6.45) is 3.44. The number of thiazole rings is 1. The van der Waals surface area contributed by atoms with E-state index < -0.39 is 15.7 Å². The van der Waals surface area contributed by atoms with Crippen molar-refractivity contribution in [3.63, 3.8) is 0 Å². The van der Waals surface area contributed by atoms with Gasteiger partial charge in [-0.15, -0.1) is 11.3 Å². The minimum atomic E-state index is -3.68. The third-order valence-electron chi connectivity index (χ3n) is 2.73. The summed E-state index contributed by atoms with van der Waals surface area (Å²) < 4.78 is 39.5. The van der Waals surface area contributed by atoms with Crippen LogP contribution in [0.3, 0.4) is 0 Å². The van der Waals surface area contributed by atoms with Crippen LogP contribution in [0.5, 0.6) is 0 Å². The summed E-state index contributed by atoms with van der Waals surface area (Å²) in [5.41, 5.74) is 5.97. The van der Waals surface area contributed by atoms with Crippen LogP contribution in [0.1, 0.15) is 5.69 Å². The first kappa shape index (κ1) is 13.1. The zero-order valence-corrected chi connectivity index (χ0v) is 11.8. The third kappa shape index (κ3) is 2.39. The lowest BCUT2D eigenvalue weighted by Crippen LogP contribution is -2.06. The first-order valence-electron chi connectivity index (χ1n) is 5.64. The van der Waals surface area contributed by atoms with Crippen LogP contribution in [-0.2, 0) is 15.6 Å². The second-order valence-electron chi connectivity index (χ2n) is 4.30. The molecule has 104 valence electrons. The number of anilines is 1. The number of imidazole rings is 1. The Kier molecular flexibility index (Phi) is 2.98. The normalized spacial score (nSPS) is 12.1. The number of hydrogen-bond acceptors (Lipinski definition) is 5. The molecule has 0 unspecified atom stereocenters. The molecule has 1 aromatic carbocycles. The molecule has 20 heavy (non-hydrogen) atoms. The quantitative estimate of drug-likeness (QED) is 0.751. The summed E-state index contributed by atoms with van der Waals surface area (Å²) in [5.74, 6) is -0.959. The van der Waals surface area contributed by atoms with Gasteiger partial charge in [0, 0.05) is 23.5 Å². The van der Waals surface area contributed by atoms with E-state index in [0.717, 1.165) is 12.1 Å². The Hall–Kier alpha value is -1.93. The van der Waals surface area contributed by atoms with Gasteiger partial charge in [-0.05, 0) is 18.2 Å². The Labute approximate surface area is 118 Å². The van der Waals surface area contributed by atoms with Gasteiger partial charge >= 0.3 is 0 Å². The maximum atomic E-state index is 13.3. The summed E-state index contributed by atoms with van der Waals surface area (Å²) in [5, 5.41) is 1.86. The van der Waals surface area contributed by atoms with Gasteiger partial charge in [0.05, 0.1) is 16.3 Å². The van der Waals surface area contributed by atoms with Crippen molar-refractivity contribution < 1.29 is 12.8 Å². The first-order valence-corrected chi connectivity index (χ1v) is 8.17. The highest BCUT2D eigenvalue weighted by molar-refractivity contribution is 7.90. The van der Waals surface area contributed by atoms with Crippen LogP contribution in [0.4, 0.5) is 10.1 Å². The van der Waals surface area contributed by atoms with Crippen molar-refractivity contribution in [3.05, 3.63) is 47.5 Å². The lowest BCUT2D eigenvalue weighted by Gasteiger charge is -2.04. The number of nitrogens with two attached hydrogens (primary N) is 1. The van der Waals surface area contributed by atoms with Gasteiger partial charge in [-0.2, -0.15) is 0 Å². The standard InChI is InChI=1S/C12H10FN3O2S2/c13-8-3-9(14)5-11(4-8)20(17,18)7-10-6-16-1-2-19-12(16)15-10/h1-6H,7,14H2. The molecule has 0 aliphatic carbocycles. The predicted octanol–water partition coefficient (Wildman–Crippen LogP) is 2.09. The molecule has 0 amide bonds. The summed E-state index contributed by atoms with van der Waals surface area (Å²) in [6, 6.07) is 3.28. The summed E-state index contributed by atoms with van der Waals surface area (Å²) in [4.78, 5) is 4.79. The van der Waals surface area contributed by atoms with E-state index in [4.69, 9.17) is 5.73 Å². The zero-order valence-electron chi connectivity index (χ0n) is 10.2. The van der Waals surface area contributed by atoms with Gasteiger partial charge in [-0.1, -0.05) is 0 Å². The van der Waals surface area contributed by atoms with Crippen molar-refractivity contribution in [3.8, 4) is 0 Å². The topological polar surface area (TPSA) is 77.5 Å². The number of nitrogens with zero attached hydrogens (tertiary/aromatic N) is 2. The molecule has 2 heterocycles. The average Bonchev–Trinajstić information content (AvgIpc) is 2.87. The van der Waals surface area contributed by atoms with Crippen LogP contribution in [0.25, 0.3) is 4.96 Å². The molecule has 0 saturated heterocycles. The van der Waals surface area contributed by atoms with E-state index in [1.165, 1.54) is 17.4 Å². The maximum Gasteiger partial charge on any atom is 0.193 e. The Morgan fingerprint density at radius 3 is 2.85 bits per heavy atom. The molecular weight excluding hydrogens is 301 g/mol. The van der Waals surface area contributed by atoms with E-state index in [-0.39, 0.29) is 16.3 Å². The molecule has 8 heteroatoms. The van der Waals surface area contributed by atoms with Crippen LogP contribution in [0.15, 0.2) is 40.9 Å². The number of benzene rings is 1. The first-order chi connectivity index (χ1) is 9.44. The Morgan fingerprint density at radius 2 is 2.15 bits per heavy atom. The fourth-order valence-electron chi connectivity index (χ4n) is 1.89. The monoisotopic (exact) mass is 311 g/mol. The van der Waals surface area contributed by atoms with Crippen LogP contribution in [0.2, 0.25) is 0 Å². The van der Waals surface area contributed by atoms with Gasteiger partial charge in [0.15, 0.2) is 14.8 Å². The number of hydrogen-bond donors (Lipinski definition) is 1. The highest BCUT2D eigenvalue weighted by Crippen LogP contribution is 2.21. The highest BCUT2D eigenvalue weighted by Gasteiger charge is 2.19. The minimum Gasteiger partial charge on any atom is -0.399 e. The van der Waals surface area contributed by atoms with Crippen molar-refractivity contribution in [1.29, 1.82) is 0 Å². The Bertz CT molecular complexity index is 834. The molecule has 0 aliphatic rings. The van der Waals surface area contributed by atoms with Crippen molar-refractivity contribution >= 4 is 31.8 Å². The van der Waals surface area contributed by atoms with E-state index in [9.17, 15) is 12.8 Å². The van der Waals surface area contributed by atoms with Gasteiger partial charge < -0.3 is 5.73 Å². The van der Waals surface area contributed by atoms with Gasteiger partial charge in [-0.25, -0.2) is 17.8 Å². The minimum absolute atomic E-state index is 0.0781. The molecule has 0 atom stereocenters. The summed E-state index contributed by atoms with van der Waals surface area (Å²) in [6.45, 7) is 0. The van der Waals surface area contributed by atoms with Crippen LogP contribution in [0, 0.1) is 5.82 Å². The fraction of sp³-hybridized carbons (Fsp3) is 0.0833. The van der Waals surface area contributed by atoms with E-state index >= 15 is 0 Å². The molecule has 0 radical (unpaired) electrons. The number of fused-ring (bicyclic) bond motifs is 1. The molecule has 0 saturated carbocycles. The van der Waals surface area contributed by atoms with E-state index in [1.807, 2.05) is 5.38 Å². The van der Waals surface area contributed by atoms with Crippen molar-refractivity contribution in [1.82, 2.24) is 9.38 Å². The molecule has 3 aromatic rings. The molecule has 0 spiro atoms.